The molecule has 280 valence electrons. The predicted molar refractivity (Wildman–Crippen MR) is 189 cm³/mol. The Hall–Kier alpha value is -2.74. The Kier molecular flexibility index (Phi) is 13.4. The first-order valence-electron chi connectivity index (χ1n) is 18.1. The van der Waals surface area contributed by atoms with Gasteiger partial charge in [-0.1, -0.05) is 75.2 Å². The first kappa shape index (κ1) is 40.7. The minimum Gasteiger partial charge on any atom is -0.347 e. The van der Waals surface area contributed by atoms with Crippen LogP contribution < -0.4 is 21.3 Å². The van der Waals surface area contributed by atoms with Gasteiger partial charge in [0.05, 0.1) is 17.3 Å². The van der Waals surface area contributed by atoms with Gasteiger partial charge in [0.15, 0.2) is 0 Å². The molecule has 0 bridgehead atoms. The summed E-state index contributed by atoms with van der Waals surface area (Å²) in [6, 6.07) is -4.34. The molecule has 0 radical (unpaired) electrons. The van der Waals surface area contributed by atoms with Gasteiger partial charge in [0.2, 0.25) is 27.6 Å². The SMILES string of the molecule is CCCC[C@H](NC(=O)[C@@H]1[C@@H](CC(C)C)CCN1C(=O)[C@@H](NC(=O)N[C@H]([C@H]1CCN(C)S1(=O)=O)C(C)(C)C)C(C)(C)C)C(=O)C(=O)NC1CC1. The first-order chi connectivity index (χ1) is 22.6. The second kappa shape index (κ2) is 16.1. The lowest BCUT2D eigenvalue weighted by Gasteiger charge is -2.38. The molecule has 3 fully saturated rings. The van der Waals surface area contributed by atoms with Crippen molar-refractivity contribution in [1.82, 2.24) is 30.5 Å². The lowest BCUT2D eigenvalue weighted by molar-refractivity contribution is -0.144. The number of ketones is 1. The molecule has 4 N–H and O–H groups in total. The fourth-order valence-corrected chi connectivity index (χ4v) is 9.08. The zero-order valence-corrected chi connectivity index (χ0v) is 32.2. The molecule has 14 heteroatoms. The second-order valence-corrected chi connectivity index (χ2v) is 19.2. The summed E-state index contributed by atoms with van der Waals surface area (Å²) in [6.07, 6.45) is 4.98. The summed E-state index contributed by atoms with van der Waals surface area (Å²) in [5.74, 6) is -2.24. The number of amides is 5. The van der Waals surface area contributed by atoms with Gasteiger partial charge in [-0.2, -0.15) is 0 Å². The number of carbonyl (C=O) groups excluding carboxylic acids is 5. The van der Waals surface area contributed by atoms with Gasteiger partial charge in [-0.3, -0.25) is 19.2 Å². The monoisotopic (exact) mass is 710 g/mol. The molecule has 0 aromatic heterocycles. The number of urea groups is 1. The van der Waals surface area contributed by atoms with Crippen LogP contribution >= 0.6 is 0 Å². The number of rotatable bonds is 14. The fraction of sp³-hybridized carbons (Fsp3) is 0.857. The van der Waals surface area contributed by atoms with Crippen LogP contribution in [0.1, 0.15) is 114 Å². The van der Waals surface area contributed by atoms with Crippen molar-refractivity contribution in [3.8, 4) is 0 Å². The Bertz CT molecular complexity index is 1330. The van der Waals surface area contributed by atoms with Crippen molar-refractivity contribution in [2.75, 3.05) is 20.1 Å². The smallest absolute Gasteiger partial charge is 0.315 e. The maximum atomic E-state index is 14.5. The highest BCUT2D eigenvalue weighted by Crippen LogP contribution is 2.34. The van der Waals surface area contributed by atoms with E-state index in [9.17, 15) is 32.4 Å². The van der Waals surface area contributed by atoms with Crippen LogP contribution in [0.3, 0.4) is 0 Å². The minimum atomic E-state index is -3.62. The molecule has 1 aliphatic carbocycles. The standard InChI is InChI=1S/C35H62N6O7S/c1-11-12-13-24(27(42)31(44)36-23-14-15-23)37-30(43)26-22(20-21(2)3)16-19-41(26)32(45)29(35(7,8)9)39-33(46)38-28(34(4,5)6)25-17-18-40(10)49(25,47)48/h21-26,28-29H,11-20H2,1-10H3,(H,36,44)(H,37,43)(H2,38,39,46)/t22-,24+,25-,26+,28-,29-/m1/s1. The van der Waals surface area contributed by atoms with Gasteiger partial charge < -0.3 is 26.2 Å². The Morgan fingerprint density at radius 1 is 0.857 bits per heavy atom. The third kappa shape index (κ3) is 10.4. The Balaban J connectivity index is 1.87. The molecule has 0 unspecified atom stereocenters. The first-order valence-corrected chi connectivity index (χ1v) is 19.6. The highest BCUT2D eigenvalue weighted by atomic mass is 32.2. The van der Waals surface area contributed by atoms with Crippen LogP contribution in [0.4, 0.5) is 4.79 Å². The molecule has 1 saturated carbocycles. The van der Waals surface area contributed by atoms with Gasteiger partial charge in [0, 0.05) is 26.2 Å². The topological polar surface area (TPSA) is 174 Å². The minimum absolute atomic E-state index is 0.000965. The zero-order valence-electron chi connectivity index (χ0n) is 31.4. The van der Waals surface area contributed by atoms with Crippen LogP contribution in [-0.4, -0.2) is 103 Å². The van der Waals surface area contributed by atoms with E-state index in [1.165, 1.54) is 16.3 Å². The van der Waals surface area contributed by atoms with Crippen molar-refractivity contribution < 1.29 is 32.4 Å². The summed E-state index contributed by atoms with van der Waals surface area (Å²) in [5.41, 5.74) is -1.38. The molecule has 49 heavy (non-hydrogen) atoms. The van der Waals surface area contributed by atoms with Crippen LogP contribution in [0.25, 0.3) is 0 Å². The number of hydrogen-bond acceptors (Lipinski definition) is 7. The van der Waals surface area contributed by atoms with Crippen molar-refractivity contribution in [2.24, 2.45) is 22.7 Å². The Morgan fingerprint density at radius 2 is 1.49 bits per heavy atom. The van der Waals surface area contributed by atoms with E-state index >= 15 is 0 Å². The largest absolute Gasteiger partial charge is 0.347 e. The number of hydrogen-bond donors (Lipinski definition) is 4. The van der Waals surface area contributed by atoms with Gasteiger partial charge in [-0.25, -0.2) is 17.5 Å². The van der Waals surface area contributed by atoms with Crippen LogP contribution in [0.2, 0.25) is 0 Å². The molecule has 5 amide bonds. The molecule has 2 saturated heterocycles. The van der Waals surface area contributed by atoms with Gasteiger partial charge in [-0.15, -0.1) is 0 Å². The lowest BCUT2D eigenvalue weighted by atomic mass is 9.83. The molecular formula is C35H62N6O7S. The van der Waals surface area contributed by atoms with Crippen molar-refractivity contribution in [3.05, 3.63) is 0 Å². The molecule has 3 rings (SSSR count). The normalized spacial score (nSPS) is 24.6. The van der Waals surface area contributed by atoms with E-state index in [2.05, 4.69) is 21.3 Å². The third-order valence-electron chi connectivity index (χ3n) is 9.99. The van der Waals surface area contributed by atoms with Gasteiger partial charge in [-0.05, 0) is 61.2 Å². The van der Waals surface area contributed by atoms with Gasteiger partial charge in [0.25, 0.3) is 5.91 Å². The van der Waals surface area contributed by atoms with Crippen molar-refractivity contribution in [3.63, 3.8) is 0 Å². The molecule has 2 heterocycles. The number of nitrogens with one attached hydrogen (secondary N) is 4. The second-order valence-electron chi connectivity index (χ2n) is 16.9. The van der Waals surface area contributed by atoms with E-state index in [4.69, 9.17) is 0 Å². The molecule has 0 aromatic carbocycles. The van der Waals surface area contributed by atoms with Crippen molar-refractivity contribution in [1.29, 1.82) is 0 Å². The molecule has 6 atom stereocenters. The molecule has 3 aliphatic rings. The summed E-state index contributed by atoms with van der Waals surface area (Å²) in [7, 11) is -2.09. The van der Waals surface area contributed by atoms with E-state index in [-0.39, 0.29) is 24.4 Å². The van der Waals surface area contributed by atoms with E-state index in [1.54, 1.807) is 0 Å². The lowest BCUT2D eigenvalue weighted by Crippen LogP contribution is -2.62. The molecule has 13 nitrogen and oxygen atoms in total. The summed E-state index contributed by atoms with van der Waals surface area (Å²) in [5, 5.41) is 10.5. The number of nitrogens with zero attached hydrogens (tertiary/aromatic N) is 2. The Labute approximate surface area is 293 Å². The fourth-order valence-electron chi connectivity index (χ4n) is 7.04. The zero-order chi connectivity index (χ0) is 37.1. The van der Waals surface area contributed by atoms with Crippen LogP contribution in [0.5, 0.6) is 0 Å². The summed E-state index contributed by atoms with van der Waals surface area (Å²) in [6.45, 7) is 17.8. The predicted octanol–water partition coefficient (Wildman–Crippen LogP) is 2.93. The van der Waals surface area contributed by atoms with E-state index in [1.807, 2.05) is 62.3 Å². The Morgan fingerprint density at radius 3 is 1.98 bits per heavy atom. The summed E-state index contributed by atoms with van der Waals surface area (Å²) < 4.78 is 27.5. The summed E-state index contributed by atoms with van der Waals surface area (Å²) in [4.78, 5) is 69.7. The third-order valence-corrected chi connectivity index (χ3v) is 12.3. The van der Waals surface area contributed by atoms with Crippen LogP contribution in [0, 0.1) is 22.7 Å². The highest BCUT2D eigenvalue weighted by Gasteiger charge is 2.49. The van der Waals surface area contributed by atoms with Gasteiger partial charge >= 0.3 is 6.03 Å². The average Bonchev–Trinajstić information content (AvgIpc) is 3.63. The number of sulfonamides is 1. The molecule has 0 aromatic rings. The molecular weight excluding hydrogens is 648 g/mol. The van der Waals surface area contributed by atoms with E-state index < -0.39 is 79.8 Å². The van der Waals surface area contributed by atoms with Crippen LogP contribution in [-0.2, 0) is 29.2 Å². The van der Waals surface area contributed by atoms with E-state index in [0.29, 0.717) is 38.6 Å². The van der Waals surface area contributed by atoms with Crippen molar-refractivity contribution >= 4 is 39.6 Å². The quantitative estimate of drug-likeness (QED) is 0.201. The molecule has 0 spiro atoms. The van der Waals surface area contributed by atoms with E-state index in [0.717, 1.165) is 19.3 Å². The molecule has 2 aliphatic heterocycles. The average molecular weight is 711 g/mol. The maximum absolute atomic E-state index is 14.5. The van der Waals surface area contributed by atoms with Crippen molar-refractivity contribution in [2.45, 2.75) is 149 Å². The highest BCUT2D eigenvalue weighted by molar-refractivity contribution is 7.90. The summed E-state index contributed by atoms with van der Waals surface area (Å²) >= 11 is 0. The number of likely N-dealkylation sites (tertiary alicyclic amines) is 1. The number of Topliss-reactive ketones (excluding diaryl/α,β-unsaturated/α-hetero) is 1. The maximum Gasteiger partial charge on any atom is 0.315 e. The van der Waals surface area contributed by atoms with Crippen LogP contribution in [0.15, 0.2) is 0 Å². The number of carbonyl (C=O) groups is 5. The number of unbranched alkanes of at least 4 members (excludes halogenated alkanes) is 1. The van der Waals surface area contributed by atoms with Gasteiger partial charge in [0.1, 0.15) is 12.1 Å².